The summed E-state index contributed by atoms with van der Waals surface area (Å²) in [6.07, 6.45) is 1.31. The van der Waals surface area contributed by atoms with Gasteiger partial charge in [-0.25, -0.2) is 8.42 Å². The summed E-state index contributed by atoms with van der Waals surface area (Å²) in [4.78, 5) is 12.9. The van der Waals surface area contributed by atoms with Gasteiger partial charge in [0.25, 0.3) is 0 Å². The topological polar surface area (TPSA) is 75.7 Å². The average molecular weight is 481 g/mol. The highest BCUT2D eigenvalue weighted by molar-refractivity contribution is 9.10. The van der Waals surface area contributed by atoms with Crippen LogP contribution in [0.4, 0.5) is 5.69 Å². The molecule has 1 aliphatic rings. The highest BCUT2D eigenvalue weighted by Gasteiger charge is 2.33. The van der Waals surface area contributed by atoms with Gasteiger partial charge in [-0.05, 0) is 74.7 Å². The molecule has 0 spiro atoms. The monoisotopic (exact) mass is 480 g/mol. The molecule has 1 saturated heterocycles. The van der Waals surface area contributed by atoms with E-state index in [1.807, 2.05) is 38.1 Å². The largest absolute Gasteiger partial charge is 0.494 e. The first-order chi connectivity index (χ1) is 13.8. The van der Waals surface area contributed by atoms with Crippen LogP contribution < -0.4 is 10.1 Å². The Labute approximate surface area is 180 Å². The zero-order valence-corrected chi connectivity index (χ0v) is 18.9. The van der Waals surface area contributed by atoms with E-state index in [1.165, 1.54) is 4.31 Å². The van der Waals surface area contributed by atoms with Crippen LogP contribution in [-0.4, -0.2) is 38.3 Å². The number of hydrogen-bond donors (Lipinski definition) is 1. The summed E-state index contributed by atoms with van der Waals surface area (Å²) < 4.78 is 34.1. The number of rotatable bonds is 6. The summed E-state index contributed by atoms with van der Waals surface area (Å²) in [5, 5.41) is 2.88. The Kier molecular flexibility index (Phi) is 6.97. The zero-order chi connectivity index (χ0) is 21.0. The highest BCUT2D eigenvalue weighted by Crippen LogP contribution is 2.28. The molecule has 6 nitrogen and oxygen atoms in total. The van der Waals surface area contributed by atoms with Crippen LogP contribution in [0.2, 0.25) is 0 Å². The van der Waals surface area contributed by atoms with Gasteiger partial charge in [-0.15, -0.1) is 0 Å². The summed E-state index contributed by atoms with van der Waals surface area (Å²) in [6.45, 7) is 4.83. The molecule has 0 radical (unpaired) electrons. The van der Waals surface area contributed by atoms with Gasteiger partial charge in [0.05, 0.1) is 17.4 Å². The predicted molar refractivity (Wildman–Crippen MR) is 117 cm³/mol. The van der Waals surface area contributed by atoms with Crippen LogP contribution in [0.25, 0.3) is 0 Å². The first-order valence-electron chi connectivity index (χ1n) is 9.61. The number of nitrogens with zero attached hydrogens (tertiary/aromatic N) is 1. The van der Waals surface area contributed by atoms with Gasteiger partial charge in [0.15, 0.2) is 0 Å². The van der Waals surface area contributed by atoms with Crippen molar-refractivity contribution in [2.45, 2.75) is 31.6 Å². The molecule has 2 aromatic carbocycles. The third kappa shape index (κ3) is 5.18. The third-order valence-electron chi connectivity index (χ3n) is 4.95. The van der Waals surface area contributed by atoms with Crippen LogP contribution in [0.3, 0.4) is 0 Å². The van der Waals surface area contributed by atoms with E-state index in [1.54, 1.807) is 18.2 Å². The van der Waals surface area contributed by atoms with Gasteiger partial charge in [0.2, 0.25) is 15.9 Å². The second kappa shape index (κ2) is 9.28. The lowest BCUT2D eigenvalue weighted by Crippen LogP contribution is -2.43. The van der Waals surface area contributed by atoms with Crippen molar-refractivity contribution in [3.05, 3.63) is 52.5 Å². The van der Waals surface area contributed by atoms with E-state index in [9.17, 15) is 13.2 Å². The van der Waals surface area contributed by atoms with E-state index in [0.717, 1.165) is 10.0 Å². The predicted octanol–water partition coefficient (Wildman–Crippen LogP) is 4.20. The Morgan fingerprint density at radius 2 is 1.97 bits per heavy atom. The van der Waals surface area contributed by atoms with Crippen LogP contribution in [-0.2, 0) is 14.8 Å². The van der Waals surface area contributed by atoms with Crippen molar-refractivity contribution in [2.75, 3.05) is 25.0 Å². The second-order valence-electron chi connectivity index (χ2n) is 7.06. The number of ether oxygens (including phenoxy) is 1. The Hall–Kier alpha value is -1.90. The van der Waals surface area contributed by atoms with Gasteiger partial charge in [0.1, 0.15) is 5.75 Å². The SMILES string of the molecule is CCOc1ccc(S(=O)(=O)N2CCC[C@@H](C(=O)Nc3ccc(Br)cc3)C2)cc1C. The Balaban J connectivity index is 1.72. The number of benzene rings is 2. The summed E-state index contributed by atoms with van der Waals surface area (Å²) >= 11 is 3.36. The summed E-state index contributed by atoms with van der Waals surface area (Å²) in [5.41, 5.74) is 1.47. The zero-order valence-electron chi connectivity index (χ0n) is 16.5. The number of carbonyl (C=O) groups excluding carboxylic acids is 1. The van der Waals surface area contributed by atoms with Gasteiger partial charge in [0, 0.05) is 23.2 Å². The lowest BCUT2D eigenvalue weighted by Gasteiger charge is -2.31. The number of piperidine rings is 1. The summed E-state index contributed by atoms with van der Waals surface area (Å²) in [6, 6.07) is 12.2. The number of sulfonamides is 1. The maximum absolute atomic E-state index is 13.1. The first kappa shape index (κ1) is 21.8. The fraction of sp³-hybridized carbons (Fsp3) is 0.381. The third-order valence-corrected chi connectivity index (χ3v) is 7.34. The van der Waals surface area contributed by atoms with Crippen LogP contribution in [0, 0.1) is 12.8 Å². The molecule has 0 bridgehead atoms. The number of anilines is 1. The number of amides is 1. The van der Waals surface area contributed by atoms with Crippen molar-refractivity contribution in [1.82, 2.24) is 4.31 Å². The van der Waals surface area contributed by atoms with Crippen molar-refractivity contribution in [3.8, 4) is 5.75 Å². The Morgan fingerprint density at radius 1 is 1.24 bits per heavy atom. The highest BCUT2D eigenvalue weighted by atomic mass is 79.9. The molecule has 0 aliphatic carbocycles. The maximum Gasteiger partial charge on any atom is 0.243 e. The number of aryl methyl sites for hydroxylation is 1. The molecule has 29 heavy (non-hydrogen) atoms. The molecule has 1 amide bonds. The van der Waals surface area contributed by atoms with Crippen LogP contribution >= 0.6 is 15.9 Å². The molecule has 8 heteroatoms. The fourth-order valence-electron chi connectivity index (χ4n) is 3.40. The minimum Gasteiger partial charge on any atom is -0.494 e. The number of nitrogens with one attached hydrogen (secondary N) is 1. The molecule has 156 valence electrons. The molecule has 0 aromatic heterocycles. The second-order valence-corrected chi connectivity index (χ2v) is 9.91. The van der Waals surface area contributed by atoms with Gasteiger partial charge >= 0.3 is 0 Å². The van der Waals surface area contributed by atoms with E-state index in [-0.39, 0.29) is 23.3 Å². The van der Waals surface area contributed by atoms with Gasteiger partial charge in [-0.2, -0.15) is 4.31 Å². The molecule has 1 fully saturated rings. The van der Waals surface area contributed by atoms with E-state index < -0.39 is 10.0 Å². The number of carbonyl (C=O) groups is 1. The molecular formula is C21H25BrN2O4S. The molecule has 1 N–H and O–H groups in total. The Morgan fingerprint density at radius 3 is 2.62 bits per heavy atom. The van der Waals surface area contributed by atoms with E-state index in [2.05, 4.69) is 21.2 Å². The van der Waals surface area contributed by atoms with Crippen molar-refractivity contribution < 1.29 is 17.9 Å². The standard InChI is InChI=1S/C21H25BrN2O4S/c1-3-28-20-11-10-19(13-15(20)2)29(26,27)24-12-4-5-16(14-24)21(25)23-18-8-6-17(22)7-9-18/h6-11,13,16H,3-5,12,14H2,1-2H3,(H,23,25)/t16-/m1/s1. The molecule has 3 rings (SSSR count). The Bertz CT molecular complexity index is 977. The molecule has 1 heterocycles. The lowest BCUT2D eigenvalue weighted by molar-refractivity contribution is -0.120. The summed E-state index contributed by atoms with van der Waals surface area (Å²) in [7, 11) is -3.67. The normalized spacial score (nSPS) is 17.7. The quantitative estimate of drug-likeness (QED) is 0.671. The minimum atomic E-state index is -3.67. The van der Waals surface area contributed by atoms with E-state index in [0.29, 0.717) is 37.4 Å². The molecule has 1 atom stereocenters. The van der Waals surface area contributed by atoms with Crippen molar-refractivity contribution >= 4 is 37.5 Å². The van der Waals surface area contributed by atoms with Crippen molar-refractivity contribution in [3.63, 3.8) is 0 Å². The number of halogens is 1. The average Bonchev–Trinajstić information content (AvgIpc) is 2.71. The molecule has 2 aromatic rings. The van der Waals surface area contributed by atoms with Crippen molar-refractivity contribution in [1.29, 1.82) is 0 Å². The van der Waals surface area contributed by atoms with E-state index in [4.69, 9.17) is 4.74 Å². The van der Waals surface area contributed by atoms with Crippen LogP contribution in [0.5, 0.6) is 5.75 Å². The fourth-order valence-corrected chi connectivity index (χ4v) is 5.27. The van der Waals surface area contributed by atoms with Gasteiger partial charge < -0.3 is 10.1 Å². The smallest absolute Gasteiger partial charge is 0.243 e. The van der Waals surface area contributed by atoms with Crippen molar-refractivity contribution in [2.24, 2.45) is 5.92 Å². The molecule has 0 saturated carbocycles. The molecular weight excluding hydrogens is 456 g/mol. The molecule has 1 aliphatic heterocycles. The minimum absolute atomic E-state index is 0.157. The summed E-state index contributed by atoms with van der Waals surface area (Å²) in [5.74, 6) is 0.137. The molecule has 0 unspecified atom stereocenters. The maximum atomic E-state index is 13.1. The van der Waals surface area contributed by atoms with Gasteiger partial charge in [-0.3, -0.25) is 4.79 Å². The number of hydrogen-bond acceptors (Lipinski definition) is 4. The van der Waals surface area contributed by atoms with Crippen LogP contribution in [0.1, 0.15) is 25.3 Å². The lowest BCUT2D eigenvalue weighted by atomic mass is 9.99. The van der Waals surface area contributed by atoms with E-state index >= 15 is 0 Å². The van der Waals surface area contributed by atoms with Crippen LogP contribution in [0.15, 0.2) is 51.8 Å². The first-order valence-corrected chi connectivity index (χ1v) is 11.8. The van der Waals surface area contributed by atoms with Gasteiger partial charge in [-0.1, -0.05) is 15.9 Å².